The molecule has 2 aliphatic rings. The zero-order valence-corrected chi connectivity index (χ0v) is 10.3. The summed E-state index contributed by atoms with van der Waals surface area (Å²) in [4.78, 5) is 26.7. The minimum atomic E-state index is -0.322. The SMILES string of the molecule is CN1Cc2ccc(N3CCC(=O)NC3=O)cc2C1. The molecule has 3 rings (SSSR count). The Balaban J connectivity index is 1.87. The van der Waals surface area contributed by atoms with Crippen LogP contribution < -0.4 is 10.2 Å². The van der Waals surface area contributed by atoms with Gasteiger partial charge in [0.1, 0.15) is 0 Å². The molecule has 5 heteroatoms. The number of nitrogens with one attached hydrogen (secondary N) is 1. The standard InChI is InChI=1S/C13H15N3O2/c1-15-7-9-2-3-11(6-10(9)8-15)16-5-4-12(17)14-13(16)18/h2-3,6H,4-5,7-8H2,1H3,(H,14,17,18). The van der Waals surface area contributed by atoms with Crippen LogP contribution in [0.4, 0.5) is 10.5 Å². The van der Waals surface area contributed by atoms with Gasteiger partial charge in [-0.1, -0.05) is 6.07 Å². The minimum absolute atomic E-state index is 0.197. The van der Waals surface area contributed by atoms with Gasteiger partial charge in [0.05, 0.1) is 0 Å². The predicted octanol–water partition coefficient (Wildman–Crippen LogP) is 1.08. The molecule has 5 nitrogen and oxygen atoms in total. The van der Waals surface area contributed by atoms with Gasteiger partial charge in [-0.25, -0.2) is 4.79 Å². The van der Waals surface area contributed by atoms with Crippen molar-refractivity contribution in [3.8, 4) is 0 Å². The first-order valence-corrected chi connectivity index (χ1v) is 6.05. The Bertz CT molecular complexity index is 527. The molecule has 0 aliphatic carbocycles. The third kappa shape index (κ3) is 1.86. The van der Waals surface area contributed by atoms with Crippen LogP contribution in [0.25, 0.3) is 0 Å². The molecule has 1 N–H and O–H groups in total. The van der Waals surface area contributed by atoms with Gasteiger partial charge < -0.3 is 0 Å². The Morgan fingerprint density at radius 2 is 1.94 bits per heavy atom. The molecule has 3 amide bonds. The first-order chi connectivity index (χ1) is 8.63. The summed E-state index contributed by atoms with van der Waals surface area (Å²) < 4.78 is 0. The van der Waals surface area contributed by atoms with Gasteiger partial charge >= 0.3 is 6.03 Å². The quantitative estimate of drug-likeness (QED) is 0.805. The first-order valence-electron chi connectivity index (χ1n) is 6.05. The van der Waals surface area contributed by atoms with Crippen LogP contribution in [0.5, 0.6) is 0 Å². The monoisotopic (exact) mass is 245 g/mol. The number of hydrogen-bond acceptors (Lipinski definition) is 3. The van der Waals surface area contributed by atoms with Crippen molar-refractivity contribution >= 4 is 17.6 Å². The normalized spacial score (nSPS) is 19.9. The zero-order valence-electron chi connectivity index (χ0n) is 10.3. The highest BCUT2D eigenvalue weighted by atomic mass is 16.2. The maximum atomic E-state index is 11.8. The largest absolute Gasteiger partial charge is 0.328 e. The highest BCUT2D eigenvalue weighted by molar-refractivity contribution is 6.05. The van der Waals surface area contributed by atoms with Crippen LogP contribution in [0, 0.1) is 0 Å². The molecule has 1 fully saturated rings. The summed E-state index contributed by atoms with van der Waals surface area (Å²) in [7, 11) is 2.08. The third-order valence-corrected chi connectivity index (χ3v) is 3.44. The van der Waals surface area contributed by atoms with Crippen LogP contribution >= 0.6 is 0 Å². The highest BCUT2D eigenvalue weighted by Crippen LogP contribution is 2.27. The van der Waals surface area contributed by atoms with E-state index in [-0.39, 0.29) is 11.9 Å². The maximum Gasteiger partial charge on any atom is 0.328 e. The van der Waals surface area contributed by atoms with Crippen LogP contribution in [0.1, 0.15) is 17.5 Å². The zero-order chi connectivity index (χ0) is 12.7. The average molecular weight is 245 g/mol. The molecule has 18 heavy (non-hydrogen) atoms. The number of fused-ring (bicyclic) bond motifs is 1. The molecular formula is C13H15N3O2. The molecule has 2 aliphatic heterocycles. The van der Waals surface area contributed by atoms with Gasteiger partial charge in [0, 0.05) is 31.7 Å². The number of amides is 3. The molecule has 0 unspecified atom stereocenters. The number of hydrogen-bond donors (Lipinski definition) is 1. The Morgan fingerprint density at radius 3 is 2.72 bits per heavy atom. The molecule has 2 heterocycles. The van der Waals surface area contributed by atoms with Crippen LogP contribution in [-0.2, 0) is 17.9 Å². The fraction of sp³-hybridized carbons (Fsp3) is 0.385. The van der Waals surface area contributed by atoms with Crippen molar-refractivity contribution in [3.05, 3.63) is 29.3 Å². The number of rotatable bonds is 1. The summed E-state index contributed by atoms with van der Waals surface area (Å²) in [5, 5.41) is 2.34. The van der Waals surface area contributed by atoms with Crippen LogP contribution in [0.15, 0.2) is 18.2 Å². The molecule has 94 valence electrons. The molecule has 0 spiro atoms. The van der Waals surface area contributed by atoms with Crippen molar-refractivity contribution in [2.75, 3.05) is 18.5 Å². The lowest BCUT2D eigenvalue weighted by Gasteiger charge is -2.26. The topological polar surface area (TPSA) is 52.6 Å². The van der Waals surface area contributed by atoms with Crippen molar-refractivity contribution < 1.29 is 9.59 Å². The summed E-state index contributed by atoms with van der Waals surface area (Å²) in [5.74, 6) is -0.197. The molecule has 0 aromatic heterocycles. The summed E-state index contributed by atoms with van der Waals surface area (Å²) in [6.45, 7) is 2.33. The van der Waals surface area contributed by atoms with Crippen molar-refractivity contribution in [1.29, 1.82) is 0 Å². The number of carbonyl (C=O) groups is 2. The fourth-order valence-corrected chi connectivity index (χ4v) is 2.53. The van der Waals surface area contributed by atoms with Gasteiger partial charge in [-0.3, -0.25) is 19.9 Å². The van der Waals surface area contributed by atoms with E-state index in [1.54, 1.807) is 4.90 Å². The Hall–Kier alpha value is -1.88. The number of benzene rings is 1. The van der Waals surface area contributed by atoms with Crippen molar-refractivity contribution in [2.45, 2.75) is 19.5 Å². The second kappa shape index (κ2) is 4.10. The van der Waals surface area contributed by atoms with E-state index in [2.05, 4.69) is 23.3 Å². The van der Waals surface area contributed by atoms with Gasteiger partial charge in [0.15, 0.2) is 0 Å². The smallest absolute Gasteiger partial charge is 0.298 e. The molecule has 1 saturated heterocycles. The number of urea groups is 1. The van der Waals surface area contributed by atoms with Gasteiger partial charge in [-0.05, 0) is 30.3 Å². The van der Waals surface area contributed by atoms with E-state index in [1.165, 1.54) is 11.1 Å². The third-order valence-electron chi connectivity index (χ3n) is 3.44. The second-order valence-corrected chi connectivity index (χ2v) is 4.88. The lowest BCUT2D eigenvalue weighted by Crippen LogP contribution is -2.49. The van der Waals surface area contributed by atoms with E-state index in [0.717, 1.165) is 18.8 Å². The summed E-state index contributed by atoms with van der Waals surface area (Å²) in [6.07, 6.45) is 0.364. The van der Waals surface area contributed by atoms with E-state index in [1.807, 2.05) is 12.1 Å². The summed E-state index contributed by atoms with van der Waals surface area (Å²) in [5.41, 5.74) is 3.45. The van der Waals surface area contributed by atoms with E-state index >= 15 is 0 Å². The minimum Gasteiger partial charge on any atom is -0.298 e. The highest BCUT2D eigenvalue weighted by Gasteiger charge is 2.25. The lowest BCUT2D eigenvalue weighted by molar-refractivity contribution is -0.120. The lowest BCUT2D eigenvalue weighted by atomic mass is 10.1. The van der Waals surface area contributed by atoms with Gasteiger partial charge in [0.2, 0.25) is 5.91 Å². The van der Waals surface area contributed by atoms with Crippen molar-refractivity contribution in [2.24, 2.45) is 0 Å². The van der Waals surface area contributed by atoms with Crippen LogP contribution in [0.2, 0.25) is 0 Å². The Labute approximate surface area is 105 Å². The van der Waals surface area contributed by atoms with E-state index in [9.17, 15) is 9.59 Å². The average Bonchev–Trinajstić information content (AvgIpc) is 2.68. The Kier molecular flexibility index (Phi) is 2.56. The number of nitrogens with zero attached hydrogens (tertiary/aromatic N) is 2. The van der Waals surface area contributed by atoms with Crippen LogP contribution in [0.3, 0.4) is 0 Å². The Morgan fingerprint density at radius 1 is 1.17 bits per heavy atom. The van der Waals surface area contributed by atoms with Crippen molar-refractivity contribution in [1.82, 2.24) is 10.2 Å². The number of imide groups is 1. The van der Waals surface area contributed by atoms with Crippen LogP contribution in [-0.4, -0.2) is 30.4 Å². The molecule has 1 aromatic carbocycles. The molecular weight excluding hydrogens is 230 g/mol. The van der Waals surface area contributed by atoms with Crippen molar-refractivity contribution in [3.63, 3.8) is 0 Å². The predicted molar refractivity (Wildman–Crippen MR) is 67.1 cm³/mol. The number of anilines is 1. The van der Waals surface area contributed by atoms with E-state index in [4.69, 9.17) is 0 Å². The molecule has 0 radical (unpaired) electrons. The second-order valence-electron chi connectivity index (χ2n) is 4.88. The molecule has 0 saturated carbocycles. The molecule has 0 bridgehead atoms. The summed E-state index contributed by atoms with van der Waals surface area (Å²) in [6, 6.07) is 5.75. The number of carbonyl (C=O) groups excluding carboxylic acids is 2. The van der Waals surface area contributed by atoms with E-state index in [0.29, 0.717) is 13.0 Å². The summed E-state index contributed by atoms with van der Waals surface area (Å²) >= 11 is 0. The molecule has 1 aromatic rings. The van der Waals surface area contributed by atoms with Gasteiger partial charge in [-0.2, -0.15) is 0 Å². The van der Waals surface area contributed by atoms with E-state index < -0.39 is 0 Å². The first kappa shape index (κ1) is 11.2. The van der Waals surface area contributed by atoms with Gasteiger partial charge in [0.25, 0.3) is 0 Å². The molecule has 0 atom stereocenters. The van der Waals surface area contributed by atoms with Gasteiger partial charge in [-0.15, -0.1) is 0 Å². The maximum absolute atomic E-state index is 11.8. The fourth-order valence-electron chi connectivity index (χ4n) is 2.53.